The molecule has 0 aromatic heterocycles. The molecule has 17 nitrogen and oxygen atoms in total. The van der Waals surface area contributed by atoms with Gasteiger partial charge in [0.05, 0.1) is 26.4 Å². The smallest absolute Gasteiger partial charge is 0.462 e. The van der Waals surface area contributed by atoms with Crippen molar-refractivity contribution >= 4 is 39.5 Å². The molecule has 0 fully saturated rings. The number of esters is 4. The molecule has 0 aliphatic carbocycles. The Hall–Kier alpha value is -1.94. The van der Waals surface area contributed by atoms with Gasteiger partial charge >= 0.3 is 39.5 Å². The van der Waals surface area contributed by atoms with Crippen molar-refractivity contribution in [3.05, 3.63) is 0 Å². The van der Waals surface area contributed by atoms with E-state index in [1.165, 1.54) is 186 Å². The topological polar surface area (TPSA) is 237 Å². The second-order valence-corrected chi connectivity index (χ2v) is 32.1. The zero-order valence-electron chi connectivity index (χ0n) is 63.0. The summed E-state index contributed by atoms with van der Waals surface area (Å²) in [5.74, 6) is 0.972. The second-order valence-electron chi connectivity index (χ2n) is 29.2. The summed E-state index contributed by atoms with van der Waals surface area (Å²) >= 11 is 0. The lowest BCUT2D eigenvalue weighted by atomic mass is 9.99. The van der Waals surface area contributed by atoms with Gasteiger partial charge in [-0.3, -0.25) is 37.3 Å². The number of ether oxygens (including phenoxy) is 4. The zero-order valence-corrected chi connectivity index (χ0v) is 64.8. The number of carbonyl (C=O) groups excluding carboxylic acids is 4. The number of hydrogen-bond donors (Lipinski definition) is 3. The van der Waals surface area contributed by atoms with E-state index in [1.54, 1.807) is 0 Å². The molecule has 0 radical (unpaired) electrons. The number of aliphatic hydroxyl groups excluding tert-OH is 1. The van der Waals surface area contributed by atoms with Crippen molar-refractivity contribution in [1.82, 2.24) is 0 Å². The first kappa shape index (κ1) is 94.1. The third-order valence-electron chi connectivity index (χ3n) is 18.5. The Morgan fingerprint density at radius 1 is 0.292 bits per heavy atom. The van der Waals surface area contributed by atoms with E-state index in [-0.39, 0.29) is 25.7 Å². The summed E-state index contributed by atoms with van der Waals surface area (Å²) in [6, 6.07) is 0. The van der Waals surface area contributed by atoms with Crippen molar-refractivity contribution in [2.75, 3.05) is 39.6 Å². The molecule has 7 atom stereocenters. The van der Waals surface area contributed by atoms with Gasteiger partial charge in [-0.1, -0.05) is 338 Å². The first-order valence-corrected chi connectivity index (χ1v) is 42.8. The van der Waals surface area contributed by atoms with Gasteiger partial charge in [0.2, 0.25) is 0 Å². The van der Waals surface area contributed by atoms with Gasteiger partial charge in [-0.05, 0) is 49.4 Å². The molecule has 0 saturated carbocycles. The minimum Gasteiger partial charge on any atom is -0.462 e. The Morgan fingerprint density at radius 2 is 0.500 bits per heavy atom. The van der Waals surface area contributed by atoms with Crippen molar-refractivity contribution in [2.45, 2.75) is 408 Å². The van der Waals surface area contributed by atoms with Crippen LogP contribution in [-0.4, -0.2) is 96.7 Å². The number of phosphoric ester groups is 2. The normalized spacial score (nSPS) is 14.7. The van der Waals surface area contributed by atoms with Gasteiger partial charge in [0.1, 0.15) is 19.3 Å². The molecule has 0 bridgehead atoms. The molecule has 0 heterocycles. The van der Waals surface area contributed by atoms with Gasteiger partial charge < -0.3 is 33.8 Å². The molecule has 19 heteroatoms. The fraction of sp³-hybridized carbons (Fsp3) is 0.948. The summed E-state index contributed by atoms with van der Waals surface area (Å²) in [4.78, 5) is 72.8. The minimum absolute atomic E-state index is 0.104. The number of carbonyl (C=O) groups is 4. The molecule has 0 aliphatic rings. The Balaban J connectivity index is 5.21. The molecule has 0 saturated heterocycles. The van der Waals surface area contributed by atoms with Crippen LogP contribution in [0.15, 0.2) is 0 Å². The van der Waals surface area contributed by atoms with E-state index in [0.717, 1.165) is 120 Å². The van der Waals surface area contributed by atoms with Crippen LogP contribution in [0.2, 0.25) is 0 Å². The monoisotopic (exact) mass is 1410 g/mol. The summed E-state index contributed by atoms with van der Waals surface area (Å²) in [7, 11) is -9.91. The average molecular weight is 1410 g/mol. The molecule has 570 valence electrons. The molecular weight excluding hydrogens is 1260 g/mol. The van der Waals surface area contributed by atoms with E-state index in [4.69, 9.17) is 37.0 Å². The highest BCUT2D eigenvalue weighted by atomic mass is 31.2. The summed E-state index contributed by atoms with van der Waals surface area (Å²) in [5, 5.41) is 10.6. The predicted octanol–water partition coefficient (Wildman–Crippen LogP) is 22.4. The van der Waals surface area contributed by atoms with Gasteiger partial charge in [0, 0.05) is 25.7 Å². The molecule has 0 amide bonds. The van der Waals surface area contributed by atoms with E-state index in [0.29, 0.717) is 25.7 Å². The lowest BCUT2D eigenvalue weighted by Crippen LogP contribution is -2.30. The van der Waals surface area contributed by atoms with Crippen LogP contribution in [0.25, 0.3) is 0 Å². The summed E-state index contributed by atoms with van der Waals surface area (Å²) in [6.07, 6.45) is 51.4. The maximum absolute atomic E-state index is 13.1. The van der Waals surface area contributed by atoms with E-state index >= 15 is 0 Å². The number of aliphatic hydroxyl groups is 1. The van der Waals surface area contributed by atoms with Gasteiger partial charge in [-0.15, -0.1) is 0 Å². The summed E-state index contributed by atoms with van der Waals surface area (Å²) in [6.45, 7) is 14.2. The lowest BCUT2D eigenvalue weighted by Gasteiger charge is -2.21. The van der Waals surface area contributed by atoms with Gasteiger partial charge in [-0.2, -0.15) is 0 Å². The third kappa shape index (κ3) is 67.9. The highest BCUT2D eigenvalue weighted by Gasteiger charge is 2.30. The fourth-order valence-electron chi connectivity index (χ4n) is 11.7. The number of hydrogen-bond acceptors (Lipinski definition) is 15. The molecule has 0 rings (SSSR count). The predicted molar refractivity (Wildman–Crippen MR) is 391 cm³/mol. The molecule has 0 spiro atoms. The molecule has 0 aromatic carbocycles. The Labute approximate surface area is 588 Å². The molecule has 0 aromatic rings. The van der Waals surface area contributed by atoms with E-state index in [9.17, 15) is 43.2 Å². The van der Waals surface area contributed by atoms with E-state index in [2.05, 4.69) is 55.4 Å². The fourth-order valence-corrected chi connectivity index (χ4v) is 13.2. The highest BCUT2D eigenvalue weighted by Crippen LogP contribution is 2.45. The van der Waals surface area contributed by atoms with Crippen molar-refractivity contribution in [3.63, 3.8) is 0 Å². The van der Waals surface area contributed by atoms with Crippen LogP contribution in [0.3, 0.4) is 0 Å². The van der Waals surface area contributed by atoms with Gasteiger partial charge in [-0.25, -0.2) is 9.13 Å². The van der Waals surface area contributed by atoms with Crippen molar-refractivity contribution in [3.8, 4) is 0 Å². The maximum Gasteiger partial charge on any atom is 0.472 e. The Kier molecular flexibility index (Phi) is 65.0. The van der Waals surface area contributed by atoms with E-state index < -0.39 is 97.5 Å². The summed E-state index contributed by atoms with van der Waals surface area (Å²) < 4.78 is 68.5. The molecular formula is C77H150O17P2. The van der Waals surface area contributed by atoms with Gasteiger partial charge in [0.25, 0.3) is 0 Å². The average Bonchev–Trinajstić information content (AvgIpc) is 1.52. The number of unbranched alkanes of at least 4 members (excludes halogenated alkanes) is 38. The molecule has 3 N–H and O–H groups in total. The lowest BCUT2D eigenvalue weighted by molar-refractivity contribution is -0.161. The van der Waals surface area contributed by atoms with Crippen LogP contribution in [0.4, 0.5) is 0 Å². The Morgan fingerprint density at radius 3 is 0.740 bits per heavy atom. The summed E-state index contributed by atoms with van der Waals surface area (Å²) in [5.41, 5.74) is 0. The van der Waals surface area contributed by atoms with Crippen LogP contribution < -0.4 is 0 Å². The van der Waals surface area contributed by atoms with Crippen molar-refractivity contribution < 1.29 is 80.2 Å². The number of rotatable bonds is 74. The zero-order chi connectivity index (χ0) is 71.0. The quantitative estimate of drug-likeness (QED) is 0.0222. The Bertz CT molecular complexity index is 1890. The van der Waals surface area contributed by atoms with Crippen LogP contribution in [0.5, 0.6) is 0 Å². The minimum atomic E-state index is -4.96. The largest absolute Gasteiger partial charge is 0.472 e. The SMILES string of the molecule is CCC(C)CCCCCCCCCCCCCCCCC(=O)O[C@H](COC(=O)CCCCCCCCC(C)CC)COP(=O)(O)OC[C@H](O)COP(=O)(O)OC[C@@H](COC(=O)CCCCCCCCCCCCCCCCC(C)C)OC(=O)CCCCCCCCCCC(C)C. The maximum atomic E-state index is 13.1. The molecule has 96 heavy (non-hydrogen) atoms. The second kappa shape index (κ2) is 66.3. The van der Waals surface area contributed by atoms with Crippen LogP contribution >= 0.6 is 15.6 Å². The highest BCUT2D eigenvalue weighted by molar-refractivity contribution is 7.47. The first-order chi connectivity index (χ1) is 46.2. The standard InChI is InChI=1S/C77H150O17P2/c1-9-69(7)55-47-39-31-24-20-16-12-14-18-22-26-33-43-51-59-76(81)93-73(64-88-75(80)58-50-42-36-35-40-48-56-70(8)10-2)66-92-96(85,86)90-62-71(78)61-89-95(83,84)91-65-72(94-77(82)60-52-44-34-28-27-30-38-46-54-68(5)6)63-87-74(79)57-49-41-32-25-21-17-13-11-15-19-23-29-37-45-53-67(3)4/h67-73,78H,9-66H2,1-8H3,(H,83,84)(H,85,86)/t69?,70?,71-,72-,73-/m1/s1. The van der Waals surface area contributed by atoms with E-state index in [1.807, 2.05) is 0 Å². The third-order valence-corrected chi connectivity index (χ3v) is 20.4. The first-order valence-electron chi connectivity index (χ1n) is 39.8. The molecule has 0 aliphatic heterocycles. The molecule has 4 unspecified atom stereocenters. The number of phosphoric acid groups is 2. The van der Waals surface area contributed by atoms with Crippen LogP contribution in [0, 0.1) is 23.7 Å². The van der Waals surface area contributed by atoms with Crippen LogP contribution in [0.1, 0.15) is 389 Å². The van der Waals surface area contributed by atoms with Crippen LogP contribution in [-0.2, 0) is 65.4 Å². The van der Waals surface area contributed by atoms with Crippen molar-refractivity contribution in [1.29, 1.82) is 0 Å². The van der Waals surface area contributed by atoms with Crippen molar-refractivity contribution in [2.24, 2.45) is 23.7 Å². The van der Waals surface area contributed by atoms with Gasteiger partial charge in [0.15, 0.2) is 12.2 Å².